The van der Waals surface area contributed by atoms with E-state index in [1.54, 1.807) is 11.4 Å². The minimum Gasteiger partial charge on any atom is -0.336 e. The highest BCUT2D eigenvalue weighted by molar-refractivity contribution is 9.11. The highest BCUT2D eigenvalue weighted by atomic mass is 79.9. The topological polar surface area (TPSA) is 52.9 Å². The van der Waals surface area contributed by atoms with Crippen LogP contribution in [0.25, 0.3) is 0 Å². The average molecular weight is 327 g/mol. The molecule has 1 aromatic rings. The number of rotatable bonds is 3. The smallest absolute Gasteiger partial charge is 0.253 e. The zero-order valence-corrected chi connectivity index (χ0v) is 12.4. The van der Waals surface area contributed by atoms with Crippen molar-refractivity contribution in [3.8, 4) is 6.07 Å². The number of thiophene rings is 1. The van der Waals surface area contributed by atoms with Crippen LogP contribution in [0.2, 0.25) is 0 Å². The van der Waals surface area contributed by atoms with E-state index in [1.165, 1.54) is 30.6 Å². The molecule has 18 heavy (non-hydrogen) atoms. The zero-order chi connectivity index (χ0) is 13.0. The molecule has 1 amide bonds. The van der Waals surface area contributed by atoms with Crippen LogP contribution in [0, 0.1) is 17.2 Å². The van der Waals surface area contributed by atoms with Crippen molar-refractivity contribution in [1.29, 1.82) is 5.26 Å². The van der Waals surface area contributed by atoms with E-state index in [0.717, 1.165) is 16.6 Å². The zero-order valence-electron chi connectivity index (χ0n) is 9.99. The van der Waals surface area contributed by atoms with Crippen LogP contribution in [0.4, 0.5) is 0 Å². The molecule has 3 nitrogen and oxygen atoms in total. The number of nitriles is 1. The van der Waals surface area contributed by atoms with Gasteiger partial charge in [0.25, 0.3) is 5.91 Å². The van der Waals surface area contributed by atoms with Crippen molar-refractivity contribution < 1.29 is 4.79 Å². The second kappa shape index (κ2) is 6.35. The Balaban J connectivity index is 1.98. The molecule has 0 aliphatic heterocycles. The molecule has 0 radical (unpaired) electrons. The summed E-state index contributed by atoms with van der Waals surface area (Å²) in [5.74, 6) is 0.170. The Morgan fingerprint density at radius 2 is 2.22 bits per heavy atom. The minimum atomic E-state index is -0.350. The van der Waals surface area contributed by atoms with Crippen molar-refractivity contribution in [2.24, 2.45) is 5.92 Å². The quantitative estimate of drug-likeness (QED) is 0.920. The van der Waals surface area contributed by atoms with Gasteiger partial charge in [-0.15, -0.1) is 11.3 Å². The first-order valence-corrected chi connectivity index (χ1v) is 7.82. The normalized spacial score (nSPS) is 18.0. The molecule has 1 atom stereocenters. The highest BCUT2D eigenvalue weighted by Crippen LogP contribution is 2.27. The molecule has 1 saturated carbocycles. The van der Waals surface area contributed by atoms with Crippen LogP contribution in [0.15, 0.2) is 15.2 Å². The van der Waals surface area contributed by atoms with Gasteiger partial charge in [0.1, 0.15) is 6.04 Å². The van der Waals surface area contributed by atoms with Gasteiger partial charge in [0, 0.05) is 5.38 Å². The molecule has 1 aliphatic carbocycles. The van der Waals surface area contributed by atoms with E-state index in [9.17, 15) is 10.1 Å². The van der Waals surface area contributed by atoms with E-state index in [-0.39, 0.29) is 11.9 Å². The fraction of sp³-hybridized carbons (Fsp3) is 0.538. The number of nitrogens with zero attached hydrogens (tertiary/aromatic N) is 1. The molecule has 5 heteroatoms. The van der Waals surface area contributed by atoms with Gasteiger partial charge < -0.3 is 5.32 Å². The van der Waals surface area contributed by atoms with Gasteiger partial charge in [-0.2, -0.15) is 5.26 Å². The third-order valence-electron chi connectivity index (χ3n) is 3.38. The van der Waals surface area contributed by atoms with Crippen LogP contribution >= 0.6 is 27.3 Å². The summed E-state index contributed by atoms with van der Waals surface area (Å²) in [6, 6.07) is 3.68. The number of amides is 1. The third-order valence-corrected chi connectivity index (χ3v) is 4.88. The van der Waals surface area contributed by atoms with Crippen LogP contribution in [0.1, 0.15) is 42.5 Å². The van der Waals surface area contributed by atoms with Crippen LogP contribution in [0.5, 0.6) is 0 Å². The third kappa shape index (κ3) is 3.33. The van der Waals surface area contributed by atoms with Gasteiger partial charge in [0.2, 0.25) is 0 Å². The average Bonchev–Trinajstić information content (AvgIpc) is 2.83. The molecule has 1 aromatic heterocycles. The Hall–Kier alpha value is -0.860. The summed E-state index contributed by atoms with van der Waals surface area (Å²) in [4.78, 5) is 12.0. The molecule has 1 unspecified atom stereocenters. The minimum absolute atomic E-state index is 0.144. The fourth-order valence-corrected chi connectivity index (χ4v) is 3.51. The van der Waals surface area contributed by atoms with E-state index in [0.29, 0.717) is 11.5 Å². The summed E-state index contributed by atoms with van der Waals surface area (Å²) in [7, 11) is 0. The molecule has 0 spiro atoms. The van der Waals surface area contributed by atoms with E-state index < -0.39 is 0 Å². The Morgan fingerprint density at radius 1 is 1.50 bits per heavy atom. The summed E-state index contributed by atoms with van der Waals surface area (Å²) < 4.78 is 0.929. The molecule has 96 valence electrons. The van der Waals surface area contributed by atoms with Crippen molar-refractivity contribution in [1.82, 2.24) is 5.32 Å². The lowest BCUT2D eigenvalue weighted by atomic mass is 9.84. The van der Waals surface area contributed by atoms with Gasteiger partial charge in [-0.05, 0) is 40.8 Å². The van der Waals surface area contributed by atoms with Crippen LogP contribution in [-0.2, 0) is 0 Å². The molecule has 1 heterocycles. The lowest BCUT2D eigenvalue weighted by molar-refractivity contribution is 0.0929. The molecule has 2 rings (SSSR count). The van der Waals surface area contributed by atoms with Crippen molar-refractivity contribution >= 4 is 33.2 Å². The van der Waals surface area contributed by atoms with Crippen molar-refractivity contribution in [2.75, 3.05) is 0 Å². The SMILES string of the molecule is N#CC(NC(=O)c1csc(Br)c1)C1CCCCC1. The molecule has 1 aliphatic rings. The molecular formula is C13H15BrN2OS. The molecule has 1 N–H and O–H groups in total. The number of nitrogens with one attached hydrogen (secondary N) is 1. The van der Waals surface area contributed by atoms with Crippen LogP contribution in [-0.4, -0.2) is 11.9 Å². The monoisotopic (exact) mass is 326 g/mol. The number of carbonyl (C=O) groups excluding carboxylic acids is 1. The second-order valence-corrected chi connectivity index (χ2v) is 6.91. The predicted molar refractivity (Wildman–Crippen MR) is 75.5 cm³/mol. The molecule has 0 aromatic carbocycles. The Kier molecular flexibility index (Phi) is 4.79. The first-order chi connectivity index (χ1) is 8.70. The van der Waals surface area contributed by atoms with Crippen LogP contribution in [0.3, 0.4) is 0 Å². The van der Waals surface area contributed by atoms with E-state index in [4.69, 9.17) is 0 Å². The first-order valence-electron chi connectivity index (χ1n) is 6.15. The Labute approximate surface area is 119 Å². The van der Waals surface area contributed by atoms with Crippen molar-refractivity contribution in [3.63, 3.8) is 0 Å². The predicted octanol–water partition coefficient (Wildman–Crippen LogP) is 3.71. The molecule has 0 saturated heterocycles. The first kappa shape index (κ1) is 13.6. The fourth-order valence-electron chi connectivity index (χ4n) is 2.38. The summed E-state index contributed by atoms with van der Waals surface area (Å²) in [5, 5.41) is 13.9. The molecule has 0 bridgehead atoms. The largest absolute Gasteiger partial charge is 0.336 e. The van der Waals surface area contributed by atoms with Crippen LogP contribution < -0.4 is 5.32 Å². The van der Waals surface area contributed by atoms with Crippen molar-refractivity contribution in [3.05, 3.63) is 20.8 Å². The Bertz CT molecular complexity index is 460. The lowest BCUT2D eigenvalue weighted by Gasteiger charge is -2.26. The maximum atomic E-state index is 12.0. The summed E-state index contributed by atoms with van der Waals surface area (Å²) >= 11 is 4.81. The highest BCUT2D eigenvalue weighted by Gasteiger charge is 2.25. The van der Waals surface area contributed by atoms with E-state index >= 15 is 0 Å². The summed E-state index contributed by atoms with van der Waals surface area (Å²) in [6.45, 7) is 0. The van der Waals surface area contributed by atoms with Gasteiger partial charge in [0.05, 0.1) is 15.4 Å². The number of halogens is 1. The van der Waals surface area contributed by atoms with Crippen molar-refractivity contribution in [2.45, 2.75) is 38.1 Å². The number of hydrogen-bond donors (Lipinski definition) is 1. The Morgan fingerprint density at radius 3 is 2.78 bits per heavy atom. The number of hydrogen-bond acceptors (Lipinski definition) is 3. The number of carbonyl (C=O) groups is 1. The van der Waals surface area contributed by atoms with Gasteiger partial charge in [-0.25, -0.2) is 0 Å². The van der Waals surface area contributed by atoms with Gasteiger partial charge in [0.15, 0.2) is 0 Å². The summed E-state index contributed by atoms with van der Waals surface area (Å²) in [6.07, 6.45) is 5.68. The molecule has 1 fully saturated rings. The van der Waals surface area contributed by atoms with Gasteiger partial charge in [-0.1, -0.05) is 19.3 Å². The summed E-state index contributed by atoms with van der Waals surface area (Å²) in [5.41, 5.74) is 0.628. The maximum Gasteiger partial charge on any atom is 0.253 e. The second-order valence-electron chi connectivity index (χ2n) is 4.62. The molecular weight excluding hydrogens is 312 g/mol. The lowest BCUT2D eigenvalue weighted by Crippen LogP contribution is -2.39. The van der Waals surface area contributed by atoms with Gasteiger partial charge in [-0.3, -0.25) is 4.79 Å². The standard InChI is InChI=1S/C13H15BrN2OS/c14-12-6-10(8-18-12)13(17)16-11(7-15)9-4-2-1-3-5-9/h6,8-9,11H,1-5H2,(H,16,17). The van der Waals surface area contributed by atoms with E-state index in [1.807, 2.05) is 0 Å². The van der Waals surface area contributed by atoms with Gasteiger partial charge >= 0.3 is 0 Å². The van der Waals surface area contributed by atoms with E-state index in [2.05, 4.69) is 27.3 Å². The maximum absolute atomic E-state index is 12.0.